The molecule has 0 bridgehead atoms. The van der Waals surface area contributed by atoms with Gasteiger partial charge in [-0.1, -0.05) is 43.7 Å². The average molecular weight is 516 g/mol. The Labute approximate surface area is 224 Å². The average Bonchev–Trinajstić information content (AvgIpc) is 2.92. The van der Waals surface area contributed by atoms with Crippen LogP contribution < -0.4 is 10.1 Å². The number of benzene rings is 2. The maximum absolute atomic E-state index is 13.3. The van der Waals surface area contributed by atoms with E-state index in [1.54, 1.807) is 0 Å². The maximum Gasteiger partial charge on any atom is 0.407 e. The summed E-state index contributed by atoms with van der Waals surface area (Å²) in [5, 5.41) is 4.02. The molecule has 0 radical (unpaired) electrons. The molecule has 38 heavy (non-hydrogen) atoms. The van der Waals surface area contributed by atoms with Gasteiger partial charge in [0, 0.05) is 37.5 Å². The third-order valence-corrected chi connectivity index (χ3v) is 7.91. The first-order valence-corrected chi connectivity index (χ1v) is 13.8. The van der Waals surface area contributed by atoms with Crippen molar-refractivity contribution in [2.24, 2.45) is 0 Å². The van der Waals surface area contributed by atoms with E-state index in [9.17, 15) is 9.59 Å². The quantitative estimate of drug-likeness (QED) is 0.371. The highest BCUT2D eigenvalue weighted by Gasteiger charge is 2.48. The number of fused-ring (bicyclic) bond motifs is 1. The number of piperidine rings is 1. The van der Waals surface area contributed by atoms with Crippen LogP contribution in [0.3, 0.4) is 0 Å². The molecule has 200 valence electrons. The van der Waals surface area contributed by atoms with E-state index in [1.165, 1.54) is 11.1 Å². The number of carbonyl (C=O) groups excluding carboxylic acids is 2. The largest absolute Gasteiger partial charge is 0.490 e. The predicted molar refractivity (Wildman–Crippen MR) is 148 cm³/mol. The zero-order chi connectivity index (χ0) is 26.5. The highest BCUT2D eigenvalue weighted by Crippen LogP contribution is 2.35. The minimum Gasteiger partial charge on any atom is -0.490 e. The number of aryl methyl sites for hydroxylation is 1. The van der Waals surface area contributed by atoms with E-state index < -0.39 is 11.6 Å². The first kappa shape index (κ1) is 26.0. The SMILES string of the molecule is CCCCOC(=O)NC1(C(=O)N2CCC(Oc3ccc(-c4ccc5cccnc5c4C)cc3)CC2)CCC1. The predicted octanol–water partition coefficient (Wildman–Crippen LogP) is 6.03. The molecular weight excluding hydrogens is 478 g/mol. The Bertz CT molecular complexity index is 1280. The summed E-state index contributed by atoms with van der Waals surface area (Å²) in [6.45, 7) is 5.79. The number of aromatic nitrogens is 1. The molecule has 3 aromatic rings. The van der Waals surface area contributed by atoms with Gasteiger partial charge in [0.25, 0.3) is 0 Å². The van der Waals surface area contributed by atoms with Crippen LogP contribution in [0.15, 0.2) is 54.7 Å². The Morgan fingerprint density at radius 1 is 1.08 bits per heavy atom. The number of rotatable bonds is 8. The zero-order valence-corrected chi connectivity index (χ0v) is 22.4. The van der Waals surface area contributed by atoms with Gasteiger partial charge in [-0.15, -0.1) is 0 Å². The van der Waals surface area contributed by atoms with Gasteiger partial charge in [-0.2, -0.15) is 0 Å². The van der Waals surface area contributed by atoms with Crippen LogP contribution in [0.4, 0.5) is 4.79 Å². The molecular formula is C31H37N3O4. The first-order valence-electron chi connectivity index (χ1n) is 13.8. The fraction of sp³-hybridized carbons (Fsp3) is 0.452. The van der Waals surface area contributed by atoms with Crippen LogP contribution in [-0.2, 0) is 9.53 Å². The topological polar surface area (TPSA) is 80.8 Å². The molecule has 1 aliphatic carbocycles. The molecule has 2 aromatic carbocycles. The minimum atomic E-state index is -0.802. The number of unbranched alkanes of at least 4 members (excludes halogenated alkanes) is 1. The van der Waals surface area contributed by atoms with Crippen LogP contribution in [0.1, 0.15) is 57.4 Å². The van der Waals surface area contributed by atoms with Crippen molar-refractivity contribution in [3.8, 4) is 16.9 Å². The van der Waals surface area contributed by atoms with E-state index in [4.69, 9.17) is 9.47 Å². The molecule has 1 N–H and O–H groups in total. The fourth-order valence-corrected chi connectivity index (χ4v) is 5.45. The third-order valence-electron chi connectivity index (χ3n) is 7.91. The van der Waals surface area contributed by atoms with E-state index in [0.29, 0.717) is 32.5 Å². The summed E-state index contributed by atoms with van der Waals surface area (Å²) < 4.78 is 11.5. The Morgan fingerprint density at radius 2 is 1.84 bits per heavy atom. The molecule has 5 rings (SSSR count). The summed E-state index contributed by atoms with van der Waals surface area (Å²) >= 11 is 0. The summed E-state index contributed by atoms with van der Waals surface area (Å²) in [6, 6.07) is 16.5. The Morgan fingerprint density at radius 3 is 2.53 bits per heavy atom. The molecule has 0 atom stereocenters. The standard InChI is InChI=1S/C31H37N3O4/c1-3-4-21-37-30(36)33-31(16-6-17-31)29(35)34-19-14-26(15-20-34)38-25-11-8-23(9-12-25)27-13-10-24-7-5-18-32-28(24)22(27)2/h5,7-13,18,26H,3-4,6,14-17,19-21H2,1-2H3,(H,33,36). The Kier molecular flexibility index (Phi) is 7.82. The summed E-state index contributed by atoms with van der Waals surface area (Å²) in [4.78, 5) is 32.0. The molecule has 1 aromatic heterocycles. The maximum atomic E-state index is 13.3. The van der Waals surface area contributed by atoms with Crippen molar-refractivity contribution in [2.75, 3.05) is 19.7 Å². The second-order valence-electron chi connectivity index (χ2n) is 10.5. The molecule has 7 nitrogen and oxygen atoms in total. The van der Waals surface area contributed by atoms with Crippen LogP contribution in [0, 0.1) is 6.92 Å². The van der Waals surface area contributed by atoms with Crippen molar-refractivity contribution in [3.05, 3.63) is 60.3 Å². The Balaban J connectivity index is 1.15. The highest BCUT2D eigenvalue weighted by atomic mass is 16.5. The smallest absolute Gasteiger partial charge is 0.407 e. The number of hydrogen-bond donors (Lipinski definition) is 1. The van der Waals surface area contributed by atoms with Crippen molar-refractivity contribution in [2.45, 2.75) is 70.4 Å². The Hall–Kier alpha value is -3.61. The van der Waals surface area contributed by atoms with E-state index in [1.807, 2.05) is 36.2 Å². The van der Waals surface area contributed by atoms with Gasteiger partial charge in [0.05, 0.1) is 12.1 Å². The molecule has 1 saturated heterocycles. The van der Waals surface area contributed by atoms with Gasteiger partial charge in [0.15, 0.2) is 0 Å². The molecule has 7 heteroatoms. The van der Waals surface area contributed by atoms with Crippen molar-refractivity contribution >= 4 is 22.9 Å². The fourth-order valence-electron chi connectivity index (χ4n) is 5.45. The van der Waals surface area contributed by atoms with Gasteiger partial charge in [-0.05, 0) is 67.5 Å². The number of pyridine rings is 1. The van der Waals surface area contributed by atoms with Crippen LogP contribution >= 0.6 is 0 Å². The van der Waals surface area contributed by atoms with E-state index >= 15 is 0 Å². The number of alkyl carbamates (subject to hydrolysis) is 1. The molecule has 1 aliphatic heterocycles. The van der Waals surface area contributed by atoms with Crippen molar-refractivity contribution in [1.29, 1.82) is 0 Å². The minimum absolute atomic E-state index is 0.0132. The van der Waals surface area contributed by atoms with Crippen LogP contribution in [0.25, 0.3) is 22.0 Å². The number of likely N-dealkylation sites (tertiary alicyclic amines) is 1. The number of carbonyl (C=O) groups is 2. The molecule has 2 heterocycles. The zero-order valence-electron chi connectivity index (χ0n) is 22.4. The number of amides is 2. The molecule has 1 saturated carbocycles. The normalized spacial score (nSPS) is 17.1. The summed E-state index contributed by atoms with van der Waals surface area (Å²) in [7, 11) is 0. The highest BCUT2D eigenvalue weighted by molar-refractivity contribution is 5.91. The lowest BCUT2D eigenvalue weighted by Gasteiger charge is -2.45. The van der Waals surface area contributed by atoms with Crippen molar-refractivity contribution in [3.63, 3.8) is 0 Å². The number of hydrogen-bond acceptors (Lipinski definition) is 5. The van der Waals surface area contributed by atoms with Crippen LogP contribution in [-0.4, -0.2) is 53.2 Å². The molecule has 2 aliphatic rings. The van der Waals surface area contributed by atoms with Crippen molar-refractivity contribution < 1.29 is 19.1 Å². The lowest BCUT2D eigenvalue weighted by molar-refractivity contribution is -0.143. The third kappa shape index (κ3) is 5.47. The van der Waals surface area contributed by atoms with Gasteiger partial charge >= 0.3 is 6.09 Å². The van der Waals surface area contributed by atoms with Gasteiger partial charge in [-0.25, -0.2) is 4.79 Å². The molecule has 0 spiro atoms. The number of nitrogens with one attached hydrogen (secondary N) is 1. The summed E-state index contributed by atoms with van der Waals surface area (Å²) in [6.07, 6.45) is 7.00. The second-order valence-corrected chi connectivity index (χ2v) is 10.5. The van der Waals surface area contributed by atoms with Gasteiger partial charge in [0.1, 0.15) is 17.4 Å². The second kappa shape index (κ2) is 11.4. The molecule has 2 amide bonds. The summed E-state index contributed by atoms with van der Waals surface area (Å²) in [5.74, 6) is 0.848. The van der Waals surface area contributed by atoms with E-state index in [0.717, 1.165) is 54.3 Å². The van der Waals surface area contributed by atoms with Crippen LogP contribution in [0.5, 0.6) is 5.75 Å². The van der Waals surface area contributed by atoms with E-state index in [2.05, 4.69) is 47.6 Å². The lowest BCUT2D eigenvalue weighted by Crippen LogP contribution is -2.64. The molecule has 2 fully saturated rings. The van der Waals surface area contributed by atoms with Gasteiger partial charge < -0.3 is 19.7 Å². The number of nitrogens with zero attached hydrogens (tertiary/aromatic N) is 2. The monoisotopic (exact) mass is 515 g/mol. The lowest BCUT2D eigenvalue weighted by atomic mass is 9.75. The first-order chi connectivity index (χ1) is 18.5. The van der Waals surface area contributed by atoms with Gasteiger partial charge in [0.2, 0.25) is 5.91 Å². The van der Waals surface area contributed by atoms with Crippen LogP contribution in [0.2, 0.25) is 0 Å². The summed E-state index contributed by atoms with van der Waals surface area (Å²) in [5.41, 5.74) is 3.70. The number of ether oxygens (including phenoxy) is 2. The van der Waals surface area contributed by atoms with E-state index in [-0.39, 0.29) is 12.0 Å². The van der Waals surface area contributed by atoms with Gasteiger partial charge in [-0.3, -0.25) is 9.78 Å². The van der Waals surface area contributed by atoms with Crippen molar-refractivity contribution in [1.82, 2.24) is 15.2 Å². The molecule has 0 unspecified atom stereocenters.